The Kier molecular flexibility index (Phi) is 26.1. The molecule has 236 valence electrons. The van der Waals surface area contributed by atoms with Gasteiger partial charge in [-0.1, -0.05) is 115 Å². The smallest absolute Gasteiger partial charge is 0.393 e. The number of aliphatic hydroxyl groups excluding tert-OH is 2. The summed E-state index contributed by atoms with van der Waals surface area (Å²) >= 11 is 0. The van der Waals surface area contributed by atoms with E-state index < -0.39 is 38.6 Å². The molecule has 0 fully saturated rings. The SMILES string of the molecule is CCCC/C=C/CC/C=C/C(O)C(COP(=O)(O)OCCN)NC(=O)CC(O)CCCCCCCCCCCC. The molecule has 0 aromatic heterocycles. The van der Waals surface area contributed by atoms with Gasteiger partial charge in [0.1, 0.15) is 0 Å². The minimum Gasteiger partial charge on any atom is -0.393 e. The van der Waals surface area contributed by atoms with Gasteiger partial charge in [-0.3, -0.25) is 13.8 Å². The van der Waals surface area contributed by atoms with Crippen LogP contribution in [0.2, 0.25) is 0 Å². The van der Waals surface area contributed by atoms with Crippen LogP contribution in [0.25, 0.3) is 0 Å². The van der Waals surface area contributed by atoms with E-state index in [0.717, 1.165) is 44.9 Å². The van der Waals surface area contributed by atoms with Crippen LogP contribution in [0.3, 0.4) is 0 Å². The van der Waals surface area contributed by atoms with Gasteiger partial charge in [-0.2, -0.15) is 0 Å². The maximum absolute atomic E-state index is 12.6. The van der Waals surface area contributed by atoms with E-state index in [2.05, 4.69) is 31.3 Å². The lowest BCUT2D eigenvalue weighted by atomic mass is 10.0. The molecule has 0 heterocycles. The molecule has 0 saturated carbocycles. The molecule has 0 aliphatic heterocycles. The fourth-order valence-corrected chi connectivity index (χ4v) is 4.93. The molecule has 10 heteroatoms. The molecule has 1 amide bonds. The van der Waals surface area contributed by atoms with Gasteiger partial charge in [0.15, 0.2) is 0 Å². The van der Waals surface area contributed by atoms with Gasteiger partial charge < -0.3 is 26.2 Å². The van der Waals surface area contributed by atoms with Crippen molar-refractivity contribution in [2.45, 2.75) is 141 Å². The number of nitrogens with two attached hydrogens (primary N) is 1. The number of aliphatic hydroxyl groups is 2. The average Bonchev–Trinajstić information content (AvgIpc) is 2.92. The molecule has 40 heavy (non-hydrogen) atoms. The highest BCUT2D eigenvalue weighted by molar-refractivity contribution is 7.47. The number of unbranched alkanes of at least 4 members (excludes halogenated alkanes) is 12. The molecule has 0 rings (SSSR count). The van der Waals surface area contributed by atoms with E-state index in [1.165, 1.54) is 51.0 Å². The third-order valence-electron chi connectivity index (χ3n) is 6.58. The first-order valence-corrected chi connectivity index (χ1v) is 17.0. The Balaban J connectivity index is 4.59. The van der Waals surface area contributed by atoms with Gasteiger partial charge in [0.25, 0.3) is 0 Å². The van der Waals surface area contributed by atoms with Crippen LogP contribution in [0.1, 0.15) is 123 Å². The number of phosphoric acid groups is 1. The van der Waals surface area contributed by atoms with E-state index in [4.69, 9.17) is 14.8 Å². The van der Waals surface area contributed by atoms with Crippen LogP contribution >= 0.6 is 7.82 Å². The number of carbonyl (C=O) groups is 1. The summed E-state index contributed by atoms with van der Waals surface area (Å²) in [6.07, 6.45) is 22.9. The summed E-state index contributed by atoms with van der Waals surface area (Å²) in [5.74, 6) is -0.463. The van der Waals surface area contributed by atoms with Crippen LogP contribution < -0.4 is 11.1 Å². The van der Waals surface area contributed by atoms with Gasteiger partial charge in [-0.25, -0.2) is 4.57 Å². The van der Waals surface area contributed by atoms with Crippen molar-refractivity contribution in [3.63, 3.8) is 0 Å². The van der Waals surface area contributed by atoms with Gasteiger partial charge in [0.05, 0.1) is 37.9 Å². The molecule has 0 aromatic carbocycles. The van der Waals surface area contributed by atoms with Crippen molar-refractivity contribution < 1.29 is 33.5 Å². The zero-order valence-corrected chi connectivity index (χ0v) is 26.1. The summed E-state index contributed by atoms with van der Waals surface area (Å²) < 4.78 is 21.8. The van der Waals surface area contributed by atoms with Crippen molar-refractivity contribution in [1.29, 1.82) is 0 Å². The summed E-state index contributed by atoms with van der Waals surface area (Å²) in [4.78, 5) is 22.4. The summed E-state index contributed by atoms with van der Waals surface area (Å²) in [6, 6.07) is -0.990. The Morgan fingerprint density at radius 2 is 1.43 bits per heavy atom. The molecule has 0 spiro atoms. The number of phosphoric ester groups is 1. The van der Waals surface area contributed by atoms with Crippen molar-refractivity contribution in [3.05, 3.63) is 24.3 Å². The Morgan fingerprint density at radius 1 is 0.850 bits per heavy atom. The van der Waals surface area contributed by atoms with Crippen LogP contribution in [0, 0.1) is 0 Å². The van der Waals surface area contributed by atoms with E-state index >= 15 is 0 Å². The quantitative estimate of drug-likeness (QED) is 0.0418. The zero-order valence-electron chi connectivity index (χ0n) is 25.2. The molecule has 0 saturated heterocycles. The topological polar surface area (TPSA) is 151 Å². The second-order valence-corrected chi connectivity index (χ2v) is 12.0. The number of hydrogen-bond acceptors (Lipinski definition) is 7. The highest BCUT2D eigenvalue weighted by Crippen LogP contribution is 2.43. The Bertz CT molecular complexity index is 706. The summed E-state index contributed by atoms with van der Waals surface area (Å²) in [5, 5.41) is 23.6. The molecule has 0 radical (unpaired) electrons. The minimum absolute atomic E-state index is 0.0449. The predicted octanol–water partition coefficient (Wildman–Crippen LogP) is 6.07. The third-order valence-corrected chi connectivity index (χ3v) is 7.57. The average molecular weight is 591 g/mol. The van der Waals surface area contributed by atoms with Gasteiger partial charge in [0.2, 0.25) is 5.91 Å². The lowest BCUT2D eigenvalue weighted by Crippen LogP contribution is -2.46. The number of rotatable bonds is 28. The molecule has 0 aromatic rings. The van der Waals surface area contributed by atoms with E-state index in [1.807, 2.05) is 0 Å². The van der Waals surface area contributed by atoms with Gasteiger partial charge in [0, 0.05) is 6.54 Å². The summed E-state index contributed by atoms with van der Waals surface area (Å²) in [6.45, 7) is 3.81. The van der Waals surface area contributed by atoms with Gasteiger partial charge >= 0.3 is 7.82 Å². The predicted molar refractivity (Wildman–Crippen MR) is 163 cm³/mol. The molecule has 4 atom stereocenters. The van der Waals surface area contributed by atoms with Crippen LogP contribution in [-0.2, 0) is 18.4 Å². The Hall–Kier alpha value is -1.06. The van der Waals surface area contributed by atoms with Crippen LogP contribution in [0.4, 0.5) is 0 Å². The second-order valence-electron chi connectivity index (χ2n) is 10.5. The van der Waals surface area contributed by atoms with E-state index in [1.54, 1.807) is 6.08 Å². The lowest BCUT2D eigenvalue weighted by molar-refractivity contribution is -0.124. The van der Waals surface area contributed by atoms with Crippen LogP contribution in [0.5, 0.6) is 0 Å². The molecule has 0 bridgehead atoms. The van der Waals surface area contributed by atoms with E-state index in [-0.39, 0.29) is 19.6 Å². The number of carbonyl (C=O) groups excluding carboxylic acids is 1. The fourth-order valence-electron chi connectivity index (χ4n) is 4.17. The van der Waals surface area contributed by atoms with Crippen LogP contribution in [0.15, 0.2) is 24.3 Å². The van der Waals surface area contributed by atoms with Gasteiger partial charge in [-0.05, 0) is 25.7 Å². The van der Waals surface area contributed by atoms with Crippen molar-refractivity contribution >= 4 is 13.7 Å². The largest absolute Gasteiger partial charge is 0.472 e. The molecular weight excluding hydrogens is 531 g/mol. The monoisotopic (exact) mass is 590 g/mol. The van der Waals surface area contributed by atoms with Gasteiger partial charge in [-0.15, -0.1) is 0 Å². The highest BCUT2D eigenvalue weighted by atomic mass is 31.2. The van der Waals surface area contributed by atoms with Crippen LogP contribution in [-0.4, -0.2) is 59.0 Å². The standard InChI is InChI=1S/C30H59N2O7P/c1-3-5-7-9-11-13-14-15-17-19-21-27(33)25-30(35)32-28(26-39-40(36,37)38-24-23-31)29(34)22-20-18-16-12-10-8-6-4-2/h10,12,20,22,27-29,33-34H,3-9,11,13-19,21,23-26,31H2,1-2H3,(H,32,35)(H,36,37)/b12-10+,22-20+. The molecule has 0 aliphatic rings. The number of amides is 1. The Morgan fingerprint density at radius 3 is 2.05 bits per heavy atom. The molecule has 9 nitrogen and oxygen atoms in total. The second kappa shape index (κ2) is 26.8. The number of nitrogens with one attached hydrogen (secondary N) is 1. The minimum atomic E-state index is -4.38. The van der Waals surface area contributed by atoms with Crippen molar-refractivity contribution in [2.75, 3.05) is 19.8 Å². The number of allylic oxidation sites excluding steroid dienone is 3. The summed E-state index contributed by atoms with van der Waals surface area (Å²) in [5.41, 5.74) is 5.30. The first-order chi connectivity index (χ1) is 19.3. The number of hydrogen-bond donors (Lipinski definition) is 5. The molecule has 6 N–H and O–H groups in total. The first-order valence-electron chi connectivity index (χ1n) is 15.5. The first kappa shape index (κ1) is 38.9. The zero-order chi connectivity index (χ0) is 29.9. The third kappa shape index (κ3) is 24.7. The molecular formula is C30H59N2O7P. The van der Waals surface area contributed by atoms with Crippen molar-refractivity contribution in [2.24, 2.45) is 5.73 Å². The maximum Gasteiger partial charge on any atom is 0.472 e. The Labute approximate surface area is 243 Å². The van der Waals surface area contributed by atoms with E-state index in [9.17, 15) is 24.5 Å². The highest BCUT2D eigenvalue weighted by Gasteiger charge is 2.27. The maximum atomic E-state index is 12.6. The van der Waals surface area contributed by atoms with E-state index in [0.29, 0.717) is 12.8 Å². The molecule has 0 aliphatic carbocycles. The fraction of sp³-hybridized carbons (Fsp3) is 0.833. The lowest BCUT2D eigenvalue weighted by Gasteiger charge is -2.24. The van der Waals surface area contributed by atoms with Crippen molar-refractivity contribution in [3.8, 4) is 0 Å². The molecule has 4 unspecified atom stereocenters. The normalized spacial score (nSPS) is 15.8. The summed E-state index contributed by atoms with van der Waals surface area (Å²) in [7, 11) is -4.38. The van der Waals surface area contributed by atoms with Crippen molar-refractivity contribution in [1.82, 2.24) is 5.32 Å².